The number of carbonyl (C=O) groups is 1. The van der Waals surface area contributed by atoms with Crippen LogP contribution in [0.25, 0.3) is 0 Å². The number of rotatable bonds is 2. The number of nitrogens with zero attached hydrogens (tertiary/aromatic N) is 1. The maximum atomic E-state index is 11.4. The average molecular weight is 245 g/mol. The molecule has 0 bridgehead atoms. The van der Waals surface area contributed by atoms with Crippen molar-refractivity contribution >= 4 is 23.0 Å². The molecule has 0 spiro atoms. The molecule has 4 nitrogen and oxygen atoms in total. The van der Waals surface area contributed by atoms with Gasteiger partial charge in [-0.1, -0.05) is 6.92 Å². The predicted octanol–water partition coefficient (Wildman–Crippen LogP) is 2.14. The van der Waals surface area contributed by atoms with E-state index in [1.165, 1.54) is 12.8 Å². The molecule has 2 aliphatic rings. The highest BCUT2D eigenvalue weighted by Gasteiger charge is 2.27. The molecule has 2 heterocycles. The van der Waals surface area contributed by atoms with Crippen LogP contribution in [-0.4, -0.2) is 18.5 Å². The Bertz CT molecular complexity index is 498. The summed E-state index contributed by atoms with van der Waals surface area (Å²) in [6.45, 7) is 3.28. The second-order valence-electron chi connectivity index (χ2n) is 5.19. The van der Waals surface area contributed by atoms with Crippen molar-refractivity contribution in [3.05, 3.63) is 17.7 Å². The molecule has 1 fully saturated rings. The highest BCUT2D eigenvalue weighted by molar-refractivity contribution is 6.01. The minimum atomic E-state index is 0.0648. The number of fused-ring (bicyclic) bond motifs is 1. The van der Waals surface area contributed by atoms with Crippen LogP contribution in [0, 0.1) is 0 Å². The van der Waals surface area contributed by atoms with E-state index in [1.807, 2.05) is 12.1 Å². The topological polar surface area (TPSA) is 58.4 Å². The van der Waals surface area contributed by atoms with Crippen molar-refractivity contribution in [3.63, 3.8) is 0 Å². The minimum absolute atomic E-state index is 0.0648. The van der Waals surface area contributed by atoms with Crippen LogP contribution in [0.15, 0.2) is 12.1 Å². The van der Waals surface area contributed by atoms with Crippen molar-refractivity contribution in [1.82, 2.24) is 0 Å². The molecule has 1 aromatic carbocycles. The van der Waals surface area contributed by atoms with Crippen molar-refractivity contribution in [3.8, 4) is 0 Å². The molecule has 3 rings (SSSR count). The van der Waals surface area contributed by atoms with Crippen LogP contribution in [0.2, 0.25) is 0 Å². The number of nitrogens with one attached hydrogen (secondary N) is 1. The van der Waals surface area contributed by atoms with Crippen LogP contribution in [0.3, 0.4) is 0 Å². The highest BCUT2D eigenvalue weighted by atomic mass is 16.1. The SMILES string of the molecule is CCC1CCCN1c1cc2c(cc1N)CC(=O)N2. The van der Waals surface area contributed by atoms with Crippen molar-refractivity contribution in [2.45, 2.75) is 38.6 Å². The summed E-state index contributed by atoms with van der Waals surface area (Å²) in [6, 6.07) is 4.58. The molecule has 4 heteroatoms. The molecule has 1 unspecified atom stereocenters. The quantitative estimate of drug-likeness (QED) is 0.785. The van der Waals surface area contributed by atoms with E-state index in [2.05, 4.69) is 17.1 Å². The summed E-state index contributed by atoms with van der Waals surface area (Å²) >= 11 is 0. The van der Waals surface area contributed by atoms with E-state index in [0.29, 0.717) is 12.5 Å². The number of carbonyl (C=O) groups excluding carboxylic acids is 1. The number of benzene rings is 1. The Labute approximate surface area is 107 Å². The zero-order chi connectivity index (χ0) is 12.7. The van der Waals surface area contributed by atoms with Gasteiger partial charge in [0.2, 0.25) is 5.91 Å². The van der Waals surface area contributed by atoms with Gasteiger partial charge in [0.05, 0.1) is 17.8 Å². The van der Waals surface area contributed by atoms with Gasteiger partial charge in [0, 0.05) is 18.3 Å². The van der Waals surface area contributed by atoms with Crippen LogP contribution in [0.1, 0.15) is 31.7 Å². The summed E-state index contributed by atoms with van der Waals surface area (Å²) in [5.41, 5.74) is 9.99. The molecule has 96 valence electrons. The molecule has 3 N–H and O–H groups in total. The summed E-state index contributed by atoms with van der Waals surface area (Å²) in [5, 5.41) is 2.90. The first-order valence-electron chi connectivity index (χ1n) is 6.68. The fourth-order valence-electron chi connectivity index (χ4n) is 3.11. The Balaban J connectivity index is 1.98. The van der Waals surface area contributed by atoms with E-state index in [-0.39, 0.29) is 5.91 Å². The van der Waals surface area contributed by atoms with Gasteiger partial charge in [-0.2, -0.15) is 0 Å². The third kappa shape index (κ3) is 1.72. The van der Waals surface area contributed by atoms with Crippen LogP contribution < -0.4 is 16.0 Å². The van der Waals surface area contributed by atoms with Crippen molar-refractivity contribution < 1.29 is 4.79 Å². The fourth-order valence-corrected chi connectivity index (χ4v) is 3.11. The molecule has 1 saturated heterocycles. The van der Waals surface area contributed by atoms with Gasteiger partial charge in [-0.25, -0.2) is 0 Å². The van der Waals surface area contributed by atoms with E-state index in [0.717, 1.165) is 35.6 Å². The van der Waals surface area contributed by atoms with Gasteiger partial charge in [-0.15, -0.1) is 0 Å². The average Bonchev–Trinajstić information content (AvgIpc) is 2.92. The second kappa shape index (κ2) is 4.19. The normalized spacial score (nSPS) is 22.2. The lowest BCUT2D eigenvalue weighted by atomic mass is 10.1. The Hall–Kier alpha value is -1.71. The first kappa shape index (κ1) is 11.4. The lowest BCUT2D eigenvalue weighted by Crippen LogP contribution is -2.29. The molecule has 18 heavy (non-hydrogen) atoms. The maximum Gasteiger partial charge on any atom is 0.228 e. The largest absolute Gasteiger partial charge is 0.397 e. The Kier molecular flexibility index (Phi) is 2.65. The molecule has 0 saturated carbocycles. The predicted molar refractivity (Wildman–Crippen MR) is 73.8 cm³/mol. The molecule has 2 aliphatic heterocycles. The van der Waals surface area contributed by atoms with Crippen molar-refractivity contribution in [2.75, 3.05) is 22.5 Å². The lowest BCUT2D eigenvalue weighted by molar-refractivity contribution is -0.115. The van der Waals surface area contributed by atoms with Crippen LogP contribution in [0.5, 0.6) is 0 Å². The minimum Gasteiger partial charge on any atom is -0.397 e. The van der Waals surface area contributed by atoms with E-state index in [9.17, 15) is 4.79 Å². The third-order valence-corrected chi connectivity index (χ3v) is 4.04. The third-order valence-electron chi connectivity index (χ3n) is 4.04. The monoisotopic (exact) mass is 245 g/mol. The Morgan fingerprint density at radius 2 is 2.33 bits per heavy atom. The molecule has 0 aliphatic carbocycles. The molecule has 1 amide bonds. The zero-order valence-electron chi connectivity index (χ0n) is 10.7. The summed E-state index contributed by atoms with van der Waals surface area (Å²) < 4.78 is 0. The van der Waals surface area contributed by atoms with E-state index < -0.39 is 0 Å². The smallest absolute Gasteiger partial charge is 0.228 e. The summed E-state index contributed by atoms with van der Waals surface area (Å²) in [4.78, 5) is 13.8. The zero-order valence-corrected chi connectivity index (χ0v) is 10.7. The number of nitrogen functional groups attached to an aromatic ring is 1. The second-order valence-corrected chi connectivity index (χ2v) is 5.19. The molecule has 0 aromatic heterocycles. The van der Waals surface area contributed by atoms with Gasteiger partial charge in [0.15, 0.2) is 0 Å². The summed E-state index contributed by atoms with van der Waals surface area (Å²) in [6.07, 6.45) is 4.06. The molecular formula is C14H19N3O. The molecule has 0 radical (unpaired) electrons. The van der Waals surface area contributed by atoms with Gasteiger partial charge in [-0.3, -0.25) is 4.79 Å². The number of hydrogen-bond donors (Lipinski definition) is 2. The summed E-state index contributed by atoms with van der Waals surface area (Å²) in [5.74, 6) is 0.0648. The molecule has 1 aromatic rings. The van der Waals surface area contributed by atoms with E-state index >= 15 is 0 Å². The lowest BCUT2D eigenvalue weighted by Gasteiger charge is -2.27. The van der Waals surface area contributed by atoms with Gasteiger partial charge in [0.25, 0.3) is 0 Å². The van der Waals surface area contributed by atoms with Crippen LogP contribution >= 0.6 is 0 Å². The van der Waals surface area contributed by atoms with Gasteiger partial charge in [-0.05, 0) is 37.0 Å². The molecule has 1 atom stereocenters. The van der Waals surface area contributed by atoms with Crippen molar-refractivity contribution in [2.24, 2.45) is 0 Å². The number of amides is 1. The molecular weight excluding hydrogens is 226 g/mol. The van der Waals surface area contributed by atoms with Crippen molar-refractivity contribution in [1.29, 1.82) is 0 Å². The Morgan fingerprint density at radius 3 is 3.11 bits per heavy atom. The highest BCUT2D eigenvalue weighted by Crippen LogP contribution is 2.37. The van der Waals surface area contributed by atoms with Gasteiger partial charge in [0.1, 0.15) is 0 Å². The Morgan fingerprint density at radius 1 is 1.50 bits per heavy atom. The number of nitrogens with two attached hydrogens (primary N) is 1. The first-order chi connectivity index (χ1) is 8.69. The van der Waals surface area contributed by atoms with Gasteiger partial charge < -0.3 is 16.0 Å². The summed E-state index contributed by atoms with van der Waals surface area (Å²) in [7, 11) is 0. The number of anilines is 3. The standard InChI is InChI=1S/C14H19N3O/c1-2-10-4-3-5-17(10)13-8-12-9(6-11(13)15)7-14(18)16-12/h6,8,10H,2-5,7,15H2,1H3,(H,16,18). The first-order valence-corrected chi connectivity index (χ1v) is 6.68. The van der Waals surface area contributed by atoms with Crippen LogP contribution in [-0.2, 0) is 11.2 Å². The number of hydrogen-bond acceptors (Lipinski definition) is 3. The van der Waals surface area contributed by atoms with E-state index in [4.69, 9.17) is 5.73 Å². The maximum absolute atomic E-state index is 11.4. The van der Waals surface area contributed by atoms with E-state index in [1.54, 1.807) is 0 Å². The van der Waals surface area contributed by atoms with Crippen LogP contribution in [0.4, 0.5) is 17.1 Å². The van der Waals surface area contributed by atoms with Gasteiger partial charge >= 0.3 is 0 Å². The fraction of sp³-hybridized carbons (Fsp3) is 0.500.